The molecule has 0 radical (unpaired) electrons. The molecule has 146 valence electrons. The fraction of sp³-hybridized carbons (Fsp3) is 0.0952. The van der Waals surface area contributed by atoms with Gasteiger partial charge in [-0.2, -0.15) is 0 Å². The largest absolute Gasteiger partial charge is 0.495 e. The second-order valence-electron chi connectivity index (χ2n) is 6.17. The molecule has 0 aliphatic carbocycles. The first-order valence-corrected chi connectivity index (χ1v) is 9.38. The van der Waals surface area contributed by atoms with Gasteiger partial charge in [0.05, 0.1) is 35.7 Å². The minimum absolute atomic E-state index is 0.170. The molecule has 0 saturated heterocycles. The van der Waals surface area contributed by atoms with E-state index in [1.54, 1.807) is 12.3 Å². The highest BCUT2D eigenvalue weighted by Crippen LogP contribution is 2.46. The predicted octanol–water partition coefficient (Wildman–Crippen LogP) is 5.27. The fourth-order valence-electron chi connectivity index (χ4n) is 3.09. The Morgan fingerprint density at radius 3 is 2.17 bits per heavy atom. The number of aromatic nitrogens is 3. The van der Waals surface area contributed by atoms with Crippen LogP contribution in [0.25, 0.3) is 33.4 Å². The standard InChI is InChI=1S/C21H16Cl2N4O2/c1-28-14-9-15(29-2)18(23)16(17(14)22)13-8-12-10-25-21(24)27-20(12)19(26-13)11-6-4-3-5-7-11/h3-10H,1-2H3,(H2,24,25,27). The van der Waals surface area contributed by atoms with E-state index in [1.807, 2.05) is 36.4 Å². The second-order valence-corrected chi connectivity index (χ2v) is 6.93. The van der Waals surface area contributed by atoms with Gasteiger partial charge in [0.25, 0.3) is 0 Å². The molecule has 0 saturated carbocycles. The van der Waals surface area contributed by atoms with Crippen molar-refractivity contribution < 1.29 is 9.47 Å². The van der Waals surface area contributed by atoms with Gasteiger partial charge < -0.3 is 15.2 Å². The number of halogens is 2. The zero-order valence-corrected chi connectivity index (χ0v) is 17.1. The monoisotopic (exact) mass is 426 g/mol. The fourth-order valence-corrected chi connectivity index (χ4v) is 3.78. The molecule has 8 heteroatoms. The average Bonchev–Trinajstić information content (AvgIpc) is 2.74. The van der Waals surface area contributed by atoms with Crippen LogP contribution in [0, 0.1) is 0 Å². The summed E-state index contributed by atoms with van der Waals surface area (Å²) in [6.07, 6.45) is 1.65. The molecule has 0 aliphatic rings. The summed E-state index contributed by atoms with van der Waals surface area (Å²) >= 11 is 13.2. The van der Waals surface area contributed by atoms with E-state index in [-0.39, 0.29) is 5.95 Å². The third kappa shape index (κ3) is 3.41. The van der Waals surface area contributed by atoms with Crippen LogP contribution in [0.4, 0.5) is 5.95 Å². The van der Waals surface area contributed by atoms with Crippen LogP contribution in [-0.2, 0) is 0 Å². The van der Waals surface area contributed by atoms with Crippen molar-refractivity contribution in [1.29, 1.82) is 0 Å². The summed E-state index contributed by atoms with van der Waals surface area (Å²) in [7, 11) is 3.05. The lowest BCUT2D eigenvalue weighted by Crippen LogP contribution is -2.00. The molecule has 2 heterocycles. The number of methoxy groups -OCH3 is 2. The molecule has 2 aromatic carbocycles. The molecule has 4 rings (SSSR count). The van der Waals surface area contributed by atoms with Crippen LogP contribution in [0.5, 0.6) is 11.5 Å². The van der Waals surface area contributed by atoms with Crippen LogP contribution >= 0.6 is 23.2 Å². The normalized spacial score (nSPS) is 10.9. The van der Waals surface area contributed by atoms with Crippen LogP contribution in [0.15, 0.2) is 48.7 Å². The third-order valence-corrected chi connectivity index (χ3v) is 5.21. The number of nitrogen functional groups attached to an aromatic ring is 1. The van der Waals surface area contributed by atoms with Gasteiger partial charge in [0.2, 0.25) is 5.95 Å². The topological polar surface area (TPSA) is 83.2 Å². The second kappa shape index (κ2) is 7.73. The van der Waals surface area contributed by atoms with Crippen molar-refractivity contribution in [2.75, 3.05) is 20.0 Å². The summed E-state index contributed by atoms with van der Waals surface area (Å²) < 4.78 is 10.8. The van der Waals surface area contributed by atoms with Crippen LogP contribution in [-0.4, -0.2) is 29.2 Å². The average molecular weight is 427 g/mol. The number of anilines is 1. The quantitative estimate of drug-likeness (QED) is 0.478. The zero-order chi connectivity index (χ0) is 20.5. The number of pyridine rings is 1. The van der Waals surface area contributed by atoms with Crippen molar-refractivity contribution in [2.24, 2.45) is 0 Å². The van der Waals surface area contributed by atoms with Gasteiger partial charge in [-0.25, -0.2) is 15.0 Å². The number of rotatable bonds is 4. The van der Waals surface area contributed by atoms with E-state index in [1.165, 1.54) is 14.2 Å². The SMILES string of the molecule is COc1cc(OC)c(Cl)c(-c2cc3cnc(N)nc3c(-c3ccccc3)n2)c1Cl. The van der Waals surface area contributed by atoms with Crippen LogP contribution in [0.1, 0.15) is 0 Å². The molecule has 0 bridgehead atoms. The molecular formula is C21H16Cl2N4O2. The lowest BCUT2D eigenvalue weighted by molar-refractivity contribution is 0.395. The number of fused-ring (bicyclic) bond motifs is 1. The minimum Gasteiger partial charge on any atom is -0.495 e. The van der Waals surface area contributed by atoms with Gasteiger partial charge in [0.15, 0.2) is 0 Å². The molecule has 29 heavy (non-hydrogen) atoms. The highest BCUT2D eigenvalue weighted by molar-refractivity contribution is 6.41. The van der Waals surface area contributed by atoms with E-state index in [0.717, 1.165) is 10.9 Å². The zero-order valence-electron chi connectivity index (χ0n) is 15.6. The maximum absolute atomic E-state index is 6.60. The maximum atomic E-state index is 6.60. The van der Waals surface area contributed by atoms with E-state index in [0.29, 0.717) is 44.0 Å². The van der Waals surface area contributed by atoms with Gasteiger partial charge in [0.1, 0.15) is 17.0 Å². The molecule has 4 aromatic rings. The summed E-state index contributed by atoms with van der Waals surface area (Å²) in [5.41, 5.74) is 9.01. The molecule has 0 unspecified atom stereocenters. The van der Waals surface area contributed by atoms with Gasteiger partial charge in [-0.15, -0.1) is 0 Å². The Labute approximate surface area is 177 Å². The van der Waals surface area contributed by atoms with Crippen molar-refractivity contribution in [2.45, 2.75) is 0 Å². The van der Waals surface area contributed by atoms with Crippen molar-refractivity contribution in [3.63, 3.8) is 0 Å². The number of ether oxygens (including phenoxy) is 2. The first kappa shape index (κ1) is 19.2. The molecule has 0 aliphatic heterocycles. The van der Waals surface area contributed by atoms with Crippen LogP contribution in [0.2, 0.25) is 10.0 Å². The summed E-state index contributed by atoms with van der Waals surface area (Å²) in [5, 5.41) is 1.41. The molecule has 6 nitrogen and oxygen atoms in total. The lowest BCUT2D eigenvalue weighted by Gasteiger charge is -2.16. The molecule has 2 aromatic heterocycles. The van der Waals surface area contributed by atoms with Gasteiger partial charge in [-0.3, -0.25) is 0 Å². The van der Waals surface area contributed by atoms with Gasteiger partial charge >= 0.3 is 0 Å². The predicted molar refractivity (Wildman–Crippen MR) is 116 cm³/mol. The van der Waals surface area contributed by atoms with Crippen molar-refractivity contribution in [3.8, 4) is 34.0 Å². The third-order valence-electron chi connectivity index (χ3n) is 4.46. The van der Waals surface area contributed by atoms with E-state index < -0.39 is 0 Å². The van der Waals surface area contributed by atoms with Crippen molar-refractivity contribution >= 4 is 40.1 Å². The Bertz CT molecular complexity index is 1190. The summed E-state index contributed by atoms with van der Waals surface area (Å²) in [6.45, 7) is 0. The molecule has 0 fully saturated rings. The van der Waals surface area contributed by atoms with Gasteiger partial charge in [0, 0.05) is 28.8 Å². The minimum atomic E-state index is 0.170. The molecule has 0 spiro atoms. The first-order chi connectivity index (χ1) is 14.0. The Hall–Kier alpha value is -3.09. The number of hydrogen-bond donors (Lipinski definition) is 1. The highest BCUT2D eigenvalue weighted by Gasteiger charge is 2.21. The number of benzene rings is 2. The molecule has 0 atom stereocenters. The molecule has 2 N–H and O–H groups in total. The number of hydrogen-bond acceptors (Lipinski definition) is 6. The Balaban J connectivity index is 2.08. The Morgan fingerprint density at radius 1 is 0.897 bits per heavy atom. The van der Waals surface area contributed by atoms with Gasteiger partial charge in [-0.1, -0.05) is 53.5 Å². The van der Waals surface area contributed by atoms with E-state index in [2.05, 4.69) is 9.97 Å². The van der Waals surface area contributed by atoms with E-state index in [4.69, 9.17) is 43.4 Å². The lowest BCUT2D eigenvalue weighted by atomic mass is 10.0. The smallest absolute Gasteiger partial charge is 0.220 e. The number of nitrogens with two attached hydrogens (primary N) is 1. The van der Waals surface area contributed by atoms with E-state index in [9.17, 15) is 0 Å². The maximum Gasteiger partial charge on any atom is 0.220 e. The highest BCUT2D eigenvalue weighted by atomic mass is 35.5. The Morgan fingerprint density at radius 2 is 1.55 bits per heavy atom. The van der Waals surface area contributed by atoms with Crippen molar-refractivity contribution in [3.05, 3.63) is 58.7 Å². The van der Waals surface area contributed by atoms with Gasteiger partial charge in [-0.05, 0) is 6.07 Å². The first-order valence-electron chi connectivity index (χ1n) is 8.62. The van der Waals surface area contributed by atoms with Crippen molar-refractivity contribution in [1.82, 2.24) is 15.0 Å². The molecule has 0 amide bonds. The van der Waals surface area contributed by atoms with Crippen LogP contribution in [0.3, 0.4) is 0 Å². The van der Waals surface area contributed by atoms with E-state index >= 15 is 0 Å². The number of nitrogens with zero attached hydrogens (tertiary/aromatic N) is 3. The summed E-state index contributed by atoms with van der Waals surface area (Å²) in [6, 6.07) is 13.1. The van der Waals surface area contributed by atoms with Crippen LogP contribution < -0.4 is 15.2 Å². The molecular weight excluding hydrogens is 411 g/mol. The summed E-state index contributed by atoms with van der Waals surface area (Å²) in [5.74, 6) is 1.03. The Kier molecular flexibility index (Phi) is 5.13. The summed E-state index contributed by atoms with van der Waals surface area (Å²) in [4.78, 5) is 13.3.